The number of carbonyl (C=O) groups excluding carboxylic acids is 2. The summed E-state index contributed by atoms with van der Waals surface area (Å²) in [6, 6.07) is 6.02. The fraction of sp³-hybridized carbons (Fsp3) is 0.467. The van der Waals surface area contributed by atoms with Crippen LogP contribution in [0.3, 0.4) is 0 Å². The minimum atomic E-state index is -0.639. The fourth-order valence-electron chi connectivity index (χ4n) is 1.81. The molecule has 0 bridgehead atoms. The molecule has 0 fully saturated rings. The molecule has 5 heteroatoms. The van der Waals surface area contributed by atoms with Crippen molar-refractivity contribution in [2.24, 2.45) is 0 Å². The van der Waals surface area contributed by atoms with Gasteiger partial charge in [-0.05, 0) is 37.1 Å². The number of nitrogens with one attached hydrogen (secondary N) is 1. The molecule has 0 heterocycles. The smallest absolute Gasteiger partial charge is 0.313 e. The number of unbranched alkanes of at least 4 members (excludes halogenated alkanes) is 1. The van der Waals surface area contributed by atoms with Gasteiger partial charge in [-0.1, -0.05) is 20.3 Å². The van der Waals surface area contributed by atoms with E-state index in [1.54, 1.807) is 17.0 Å². The van der Waals surface area contributed by atoms with Crippen molar-refractivity contribution in [1.82, 2.24) is 4.90 Å². The first kappa shape index (κ1) is 16.0. The number of nitrogens with zero attached hydrogens (tertiary/aromatic N) is 1. The quantitative estimate of drug-likeness (QED) is 0.620. The standard InChI is InChI=1S/C15H22N2O3/c1-3-5-11-17(10-4-2)15(20)14(19)16-12-6-8-13(18)9-7-12/h6-9,18H,3-5,10-11H2,1-2H3,(H,16,19). The van der Waals surface area contributed by atoms with Crippen LogP contribution in [0.25, 0.3) is 0 Å². The molecule has 1 aromatic rings. The van der Waals surface area contributed by atoms with Gasteiger partial charge in [0.1, 0.15) is 5.75 Å². The molecule has 0 unspecified atom stereocenters. The summed E-state index contributed by atoms with van der Waals surface area (Å²) in [6.07, 6.45) is 2.69. The second kappa shape index (κ2) is 8.19. The molecule has 0 saturated heterocycles. The molecule has 0 atom stereocenters. The highest BCUT2D eigenvalue weighted by molar-refractivity contribution is 6.39. The lowest BCUT2D eigenvalue weighted by atomic mass is 10.2. The van der Waals surface area contributed by atoms with E-state index in [4.69, 9.17) is 5.11 Å². The van der Waals surface area contributed by atoms with Crippen LogP contribution in [-0.2, 0) is 9.59 Å². The largest absolute Gasteiger partial charge is 0.508 e. The van der Waals surface area contributed by atoms with Gasteiger partial charge in [0.2, 0.25) is 0 Å². The summed E-state index contributed by atoms with van der Waals surface area (Å²) in [4.78, 5) is 25.6. The van der Waals surface area contributed by atoms with E-state index in [-0.39, 0.29) is 5.75 Å². The molecule has 2 N–H and O–H groups in total. The number of hydrogen-bond donors (Lipinski definition) is 2. The summed E-state index contributed by atoms with van der Waals surface area (Å²) in [5.74, 6) is -1.03. The van der Waals surface area contributed by atoms with Crippen molar-refractivity contribution in [2.75, 3.05) is 18.4 Å². The predicted octanol–water partition coefficient (Wildman–Crippen LogP) is 2.37. The Morgan fingerprint density at radius 1 is 1.10 bits per heavy atom. The van der Waals surface area contributed by atoms with Crippen LogP contribution < -0.4 is 5.32 Å². The Balaban J connectivity index is 2.63. The van der Waals surface area contributed by atoms with Crippen LogP contribution in [0.15, 0.2) is 24.3 Å². The van der Waals surface area contributed by atoms with E-state index in [2.05, 4.69) is 5.32 Å². The first-order valence-electron chi connectivity index (χ1n) is 6.97. The normalized spacial score (nSPS) is 10.1. The molecule has 0 aliphatic rings. The fourth-order valence-corrected chi connectivity index (χ4v) is 1.81. The van der Waals surface area contributed by atoms with E-state index < -0.39 is 11.8 Å². The third-order valence-corrected chi connectivity index (χ3v) is 2.88. The maximum Gasteiger partial charge on any atom is 0.313 e. The van der Waals surface area contributed by atoms with Crippen molar-refractivity contribution in [3.8, 4) is 5.75 Å². The summed E-state index contributed by atoms with van der Waals surface area (Å²) >= 11 is 0. The zero-order valence-electron chi connectivity index (χ0n) is 12.1. The number of amides is 2. The second-order valence-electron chi connectivity index (χ2n) is 4.65. The summed E-state index contributed by atoms with van der Waals surface area (Å²) in [5.41, 5.74) is 0.494. The van der Waals surface area contributed by atoms with Crippen LogP contribution >= 0.6 is 0 Å². The topological polar surface area (TPSA) is 69.6 Å². The average Bonchev–Trinajstić information content (AvgIpc) is 2.45. The number of carbonyl (C=O) groups is 2. The minimum absolute atomic E-state index is 0.116. The molecular weight excluding hydrogens is 256 g/mol. The number of phenols is 1. The number of hydrogen-bond acceptors (Lipinski definition) is 3. The first-order valence-corrected chi connectivity index (χ1v) is 6.97. The van der Waals surface area contributed by atoms with Crippen LogP contribution in [0.1, 0.15) is 33.1 Å². The highest BCUT2D eigenvalue weighted by atomic mass is 16.3. The number of aromatic hydroxyl groups is 1. The molecule has 5 nitrogen and oxygen atoms in total. The number of benzene rings is 1. The SMILES string of the molecule is CCCCN(CCC)C(=O)C(=O)Nc1ccc(O)cc1. The summed E-state index contributed by atoms with van der Waals surface area (Å²) < 4.78 is 0. The lowest BCUT2D eigenvalue weighted by molar-refractivity contribution is -0.143. The molecule has 20 heavy (non-hydrogen) atoms. The summed E-state index contributed by atoms with van der Waals surface area (Å²) in [5, 5.41) is 11.7. The van der Waals surface area contributed by atoms with Crippen molar-refractivity contribution < 1.29 is 14.7 Å². The molecular formula is C15H22N2O3. The molecule has 0 aromatic heterocycles. The van der Waals surface area contributed by atoms with Gasteiger partial charge >= 0.3 is 11.8 Å². The molecule has 0 aliphatic heterocycles. The Bertz CT molecular complexity index is 443. The Morgan fingerprint density at radius 3 is 2.30 bits per heavy atom. The zero-order chi connectivity index (χ0) is 15.0. The van der Waals surface area contributed by atoms with E-state index in [0.717, 1.165) is 19.3 Å². The van der Waals surface area contributed by atoms with Gasteiger partial charge < -0.3 is 15.3 Å². The van der Waals surface area contributed by atoms with Crippen LogP contribution in [0, 0.1) is 0 Å². The van der Waals surface area contributed by atoms with E-state index in [1.165, 1.54) is 12.1 Å². The van der Waals surface area contributed by atoms with Crippen LogP contribution in [0.2, 0.25) is 0 Å². The predicted molar refractivity (Wildman–Crippen MR) is 78.5 cm³/mol. The summed E-state index contributed by atoms with van der Waals surface area (Å²) in [6.45, 7) is 5.21. The molecule has 0 aliphatic carbocycles. The third-order valence-electron chi connectivity index (χ3n) is 2.88. The van der Waals surface area contributed by atoms with Gasteiger partial charge in [-0.2, -0.15) is 0 Å². The van der Waals surface area contributed by atoms with Crippen LogP contribution in [0.4, 0.5) is 5.69 Å². The van der Waals surface area contributed by atoms with Gasteiger partial charge in [0.25, 0.3) is 0 Å². The molecule has 2 amide bonds. The lowest BCUT2D eigenvalue weighted by Gasteiger charge is -2.21. The molecule has 110 valence electrons. The Kier molecular flexibility index (Phi) is 6.56. The number of rotatable bonds is 6. The molecule has 0 radical (unpaired) electrons. The molecule has 0 saturated carbocycles. The van der Waals surface area contributed by atoms with E-state index in [9.17, 15) is 9.59 Å². The van der Waals surface area contributed by atoms with Gasteiger partial charge in [-0.3, -0.25) is 9.59 Å². The number of phenolic OH excluding ortho intramolecular Hbond substituents is 1. The van der Waals surface area contributed by atoms with Gasteiger partial charge in [-0.25, -0.2) is 0 Å². The van der Waals surface area contributed by atoms with Gasteiger partial charge in [0.05, 0.1) is 0 Å². The average molecular weight is 278 g/mol. The van der Waals surface area contributed by atoms with Crippen molar-refractivity contribution in [3.63, 3.8) is 0 Å². The van der Waals surface area contributed by atoms with E-state index >= 15 is 0 Å². The minimum Gasteiger partial charge on any atom is -0.508 e. The molecule has 0 spiro atoms. The monoisotopic (exact) mass is 278 g/mol. The molecule has 1 aromatic carbocycles. The van der Waals surface area contributed by atoms with Gasteiger partial charge in [0.15, 0.2) is 0 Å². The number of anilines is 1. The highest BCUT2D eigenvalue weighted by Gasteiger charge is 2.20. The maximum absolute atomic E-state index is 12.1. The third kappa shape index (κ3) is 4.91. The van der Waals surface area contributed by atoms with E-state index in [1.807, 2.05) is 13.8 Å². The van der Waals surface area contributed by atoms with Crippen molar-refractivity contribution in [1.29, 1.82) is 0 Å². The molecule has 1 rings (SSSR count). The second-order valence-corrected chi connectivity index (χ2v) is 4.65. The van der Waals surface area contributed by atoms with Crippen molar-refractivity contribution >= 4 is 17.5 Å². The Morgan fingerprint density at radius 2 is 1.75 bits per heavy atom. The lowest BCUT2D eigenvalue weighted by Crippen LogP contribution is -2.40. The van der Waals surface area contributed by atoms with Gasteiger partial charge in [-0.15, -0.1) is 0 Å². The zero-order valence-corrected chi connectivity index (χ0v) is 12.1. The van der Waals surface area contributed by atoms with Gasteiger partial charge in [0, 0.05) is 18.8 Å². The Hall–Kier alpha value is -2.04. The van der Waals surface area contributed by atoms with Crippen molar-refractivity contribution in [2.45, 2.75) is 33.1 Å². The Labute approximate surface area is 119 Å². The van der Waals surface area contributed by atoms with E-state index in [0.29, 0.717) is 18.8 Å². The summed E-state index contributed by atoms with van der Waals surface area (Å²) in [7, 11) is 0. The van der Waals surface area contributed by atoms with Crippen molar-refractivity contribution in [3.05, 3.63) is 24.3 Å². The van der Waals surface area contributed by atoms with Crippen LogP contribution in [0.5, 0.6) is 5.75 Å². The highest BCUT2D eigenvalue weighted by Crippen LogP contribution is 2.13. The van der Waals surface area contributed by atoms with Crippen LogP contribution in [-0.4, -0.2) is 34.9 Å². The maximum atomic E-state index is 12.1. The first-order chi connectivity index (χ1) is 9.58.